The number of phenols is 1. The van der Waals surface area contributed by atoms with E-state index >= 15 is 0 Å². The average Bonchev–Trinajstić information content (AvgIpc) is 3.09. The lowest BCUT2D eigenvalue weighted by molar-refractivity contribution is -0.113. The van der Waals surface area contributed by atoms with E-state index in [4.69, 9.17) is 16.3 Å². The number of phenolic OH excluding ortho intramolecular Hbond substituents is 1. The Labute approximate surface area is 158 Å². The number of anilines is 1. The van der Waals surface area contributed by atoms with Crippen LogP contribution in [0.2, 0.25) is 5.02 Å². The highest BCUT2D eigenvalue weighted by molar-refractivity contribution is 7.99. The van der Waals surface area contributed by atoms with Gasteiger partial charge in [-0.05, 0) is 30.3 Å². The molecule has 1 aromatic heterocycles. The van der Waals surface area contributed by atoms with Crippen LogP contribution < -0.4 is 10.1 Å². The van der Waals surface area contributed by atoms with Crippen molar-refractivity contribution >= 4 is 35.0 Å². The number of nitrogens with one attached hydrogen (secondary N) is 2. The monoisotopic (exact) mass is 390 g/mol. The van der Waals surface area contributed by atoms with Crippen molar-refractivity contribution in [2.24, 2.45) is 0 Å². The second kappa shape index (κ2) is 8.11. The molecule has 2 aromatic carbocycles. The minimum Gasteiger partial charge on any atom is -0.507 e. The molecule has 0 aliphatic heterocycles. The molecule has 3 aromatic rings. The van der Waals surface area contributed by atoms with Gasteiger partial charge < -0.3 is 15.2 Å². The number of carbonyl (C=O) groups excluding carboxylic acids is 1. The Bertz CT molecular complexity index is 932. The van der Waals surface area contributed by atoms with Crippen LogP contribution in [0.25, 0.3) is 11.4 Å². The highest BCUT2D eigenvalue weighted by atomic mass is 35.5. The number of para-hydroxylation sites is 1. The molecule has 0 radical (unpaired) electrons. The fourth-order valence-corrected chi connectivity index (χ4v) is 2.97. The van der Waals surface area contributed by atoms with Gasteiger partial charge in [0.25, 0.3) is 0 Å². The van der Waals surface area contributed by atoms with Crippen molar-refractivity contribution in [1.29, 1.82) is 0 Å². The molecule has 3 rings (SSSR count). The molecule has 7 nitrogen and oxygen atoms in total. The normalized spacial score (nSPS) is 10.5. The summed E-state index contributed by atoms with van der Waals surface area (Å²) in [4.78, 5) is 16.4. The van der Waals surface area contributed by atoms with Gasteiger partial charge in [0.15, 0.2) is 5.82 Å². The number of aromatic hydroxyl groups is 1. The van der Waals surface area contributed by atoms with E-state index < -0.39 is 0 Å². The Balaban J connectivity index is 1.62. The summed E-state index contributed by atoms with van der Waals surface area (Å²) in [6.45, 7) is 0. The van der Waals surface area contributed by atoms with E-state index in [0.29, 0.717) is 33.0 Å². The van der Waals surface area contributed by atoms with Crippen LogP contribution in [-0.4, -0.2) is 39.1 Å². The van der Waals surface area contributed by atoms with Crippen molar-refractivity contribution in [3.63, 3.8) is 0 Å². The molecule has 0 aliphatic carbocycles. The maximum Gasteiger partial charge on any atom is 0.234 e. The molecule has 0 atom stereocenters. The number of aromatic amines is 1. The van der Waals surface area contributed by atoms with E-state index in [1.54, 1.807) is 42.5 Å². The summed E-state index contributed by atoms with van der Waals surface area (Å²) in [7, 11) is 1.52. The predicted molar refractivity (Wildman–Crippen MR) is 101 cm³/mol. The van der Waals surface area contributed by atoms with Gasteiger partial charge in [-0.1, -0.05) is 35.5 Å². The quantitative estimate of drug-likeness (QED) is 0.556. The third kappa shape index (κ3) is 4.27. The van der Waals surface area contributed by atoms with Crippen LogP contribution in [0.1, 0.15) is 0 Å². The lowest BCUT2D eigenvalue weighted by atomic mass is 10.2. The molecule has 1 amide bonds. The number of H-pyrrole nitrogens is 1. The maximum atomic E-state index is 12.2. The number of ether oxygens (including phenoxy) is 1. The van der Waals surface area contributed by atoms with E-state index in [9.17, 15) is 9.90 Å². The average molecular weight is 391 g/mol. The lowest BCUT2D eigenvalue weighted by Crippen LogP contribution is -2.14. The summed E-state index contributed by atoms with van der Waals surface area (Å²) in [5.74, 6) is 0.916. The van der Waals surface area contributed by atoms with Gasteiger partial charge in [-0.15, -0.1) is 5.10 Å². The topological polar surface area (TPSA) is 100 Å². The van der Waals surface area contributed by atoms with Gasteiger partial charge in [-0.25, -0.2) is 4.98 Å². The number of hydrogen-bond acceptors (Lipinski definition) is 6. The van der Waals surface area contributed by atoms with E-state index in [1.165, 1.54) is 18.9 Å². The van der Waals surface area contributed by atoms with Crippen molar-refractivity contribution in [3.8, 4) is 22.9 Å². The van der Waals surface area contributed by atoms with Gasteiger partial charge in [0.05, 0.1) is 24.1 Å². The minimum atomic E-state index is -0.246. The number of benzene rings is 2. The Kier molecular flexibility index (Phi) is 5.65. The van der Waals surface area contributed by atoms with Crippen molar-refractivity contribution in [2.75, 3.05) is 18.2 Å². The molecular formula is C17H15ClN4O3S. The van der Waals surface area contributed by atoms with Crippen LogP contribution in [0.5, 0.6) is 11.5 Å². The molecule has 3 N–H and O–H groups in total. The summed E-state index contributed by atoms with van der Waals surface area (Å²) in [6, 6.07) is 11.8. The molecule has 0 saturated heterocycles. The molecule has 1 heterocycles. The molecule has 26 heavy (non-hydrogen) atoms. The second-order valence-corrected chi connectivity index (χ2v) is 6.54. The number of methoxy groups -OCH3 is 1. The number of halogens is 1. The predicted octanol–water partition coefficient (Wildman–Crippen LogP) is 3.57. The van der Waals surface area contributed by atoms with Crippen LogP contribution >= 0.6 is 23.4 Å². The van der Waals surface area contributed by atoms with Crippen LogP contribution in [0.3, 0.4) is 0 Å². The Morgan fingerprint density at radius 3 is 2.92 bits per heavy atom. The molecule has 134 valence electrons. The highest BCUT2D eigenvalue weighted by Gasteiger charge is 2.13. The van der Waals surface area contributed by atoms with Crippen LogP contribution in [0.15, 0.2) is 47.6 Å². The van der Waals surface area contributed by atoms with Crippen LogP contribution in [0.4, 0.5) is 5.69 Å². The molecule has 0 unspecified atom stereocenters. The number of carbonyl (C=O) groups is 1. The zero-order valence-corrected chi connectivity index (χ0v) is 15.3. The first kappa shape index (κ1) is 18.1. The zero-order chi connectivity index (χ0) is 18.5. The molecule has 0 saturated carbocycles. The van der Waals surface area contributed by atoms with E-state index in [0.717, 1.165) is 0 Å². The summed E-state index contributed by atoms with van der Waals surface area (Å²) in [6.07, 6.45) is 0. The lowest BCUT2D eigenvalue weighted by Gasteiger charge is -2.09. The van der Waals surface area contributed by atoms with Crippen LogP contribution in [-0.2, 0) is 4.79 Å². The molecule has 9 heteroatoms. The molecule has 0 bridgehead atoms. The first-order valence-electron chi connectivity index (χ1n) is 7.54. The van der Waals surface area contributed by atoms with Crippen molar-refractivity contribution < 1.29 is 14.6 Å². The van der Waals surface area contributed by atoms with Crippen molar-refractivity contribution in [3.05, 3.63) is 47.5 Å². The first-order valence-corrected chi connectivity index (χ1v) is 8.90. The number of nitrogens with zero attached hydrogens (tertiary/aromatic N) is 2. The van der Waals surface area contributed by atoms with E-state index in [-0.39, 0.29) is 17.4 Å². The van der Waals surface area contributed by atoms with Gasteiger partial charge in [-0.2, -0.15) is 0 Å². The number of thioether (sulfide) groups is 1. The number of rotatable bonds is 6. The van der Waals surface area contributed by atoms with Crippen molar-refractivity contribution in [2.45, 2.75) is 5.16 Å². The SMILES string of the molecule is COc1ccc(Cl)cc1NC(=O)CSc1n[nH]c(-c2ccccc2O)n1. The van der Waals surface area contributed by atoms with Gasteiger partial charge >= 0.3 is 0 Å². The minimum absolute atomic E-state index is 0.103. The fraction of sp³-hybridized carbons (Fsp3) is 0.118. The Hall–Kier alpha value is -2.71. The fourth-order valence-electron chi connectivity index (χ4n) is 2.20. The Morgan fingerprint density at radius 2 is 2.15 bits per heavy atom. The molecule has 0 aliphatic rings. The third-order valence-electron chi connectivity index (χ3n) is 3.39. The van der Waals surface area contributed by atoms with E-state index in [1.807, 2.05) is 0 Å². The maximum absolute atomic E-state index is 12.2. The molecular weight excluding hydrogens is 376 g/mol. The van der Waals surface area contributed by atoms with Crippen LogP contribution in [0, 0.1) is 0 Å². The zero-order valence-electron chi connectivity index (χ0n) is 13.7. The second-order valence-electron chi connectivity index (χ2n) is 5.17. The standard InChI is InChI=1S/C17H15ClN4O3S/c1-25-14-7-6-10(18)8-12(14)19-15(24)9-26-17-20-16(21-22-17)11-4-2-3-5-13(11)23/h2-8,23H,9H2,1H3,(H,19,24)(H,20,21,22). The third-order valence-corrected chi connectivity index (χ3v) is 4.47. The summed E-state index contributed by atoms with van der Waals surface area (Å²) in [5, 5.41) is 20.3. The highest BCUT2D eigenvalue weighted by Crippen LogP contribution is 2.29. The van der Waals surface area contributed by atoms with Gasteiger partial charge in [0.2, 0.25) is 11.1 Å². The number of aromatic nitrogens is 3. The van der Waals surface area contributed by atoms with Gasteiger partial charge in [0.1, 0.15) is 11.5 Å². The van der Waals surface area contributed by atoms with Gasteiger partial charge in [-0.3, -0.25) is 9.89 Å². The molecule has 0 spiro atoms. The molecule has 0 fully saturated rings. The van der Waals surface area contributed by atoms with E-state index in [2.05, 4.69) is 20.5 Å². The van der Waals surface area contributed by atoms with Crippen molar-refractivity contribution in [1.82, 2.24) is 15.2 Å². The smallest absolute Gasteiger partial charge is 0.234 e. The largest absolute Gasteiger partial charge is 0.507 e. The summed E-state index contributed by atoms with van der Waals surface area (Å²) >= 11 is 7.11. The summed E-state index contributed by atoms with van der Waals surface area (Å²) in [5.41, 5.74) is 1.04. The Morgan fingerprint density at radius 1 is 1.35 bits per heavy atom. The number of amides is 1. The van der Waals surface area contributed by atoms with Gasteiger partial charge in [0, 0.05) is 5.02 Å². The summed E-state index contributed by atoms with van der Waals surface area (Å²) < 4.78 is 5.19. The first-order chi connectivity index (χ1) is 12.6. The number of hydrogen-bond donors (Lipinski definition) is 3.